The summed E-state index contributed by atoms with van der Waals surface area (Å²) in [7, 11) is 1.67. The molecule has 0 radical (unpaired) electrons. The van der Waals surface area contributed by atoms with E-state index in [0.717, 1.165) is 18.5 Å². The van der Waals surface area contributed by atoms with Crippen molar-refractivity contribution in [2.75, 3.05) is 13.7 Å². The zero-order chi connectivity index (χ0) is 12.3. The van der Waals surface area contributed by atoms with Gasteiger partial charge in [0.25, 0.3) is 0 Å². The quantitative estimate of drug-likeness (QED) is 0.890. The van der Waals surface area contributed by atoms with E-state index in [-0.39, 0.29) is 17.9 Å². The van der Waals surface area contributed by atoms with Gasteiger partial charge in [-0.3, -0.25) is 4.79 Å². The second-order valence-electron chi connectivity index (χ2n) is 4.29. The first kappa shape index (κ1) is 12.6. The Balaban J connectivity index is 1.96. The maximum Gasteiger partial charge on any atom is 0.154 e. The van der Waals surface area contributed by atoms with Gasteiger partial charge in [-0.15, -0.1) is 0 Å². The molecule has 4 heteroatoms. The lowest BCUT2D eigenvalue weighted by atomic mass is 10.0. The van der Waals surface area contributed by atoms with E-state index in [4.69, 9.17) is 16.3 Å². The first-order chi connectivity index (χ1) is 8.20. The van der Waals surface area contributed by atoms with E-state index in [1.165, 1.54) is 0 Å². The molecule has 1 aromatic carbocycles. The third-order valence-electron chi connectivity index (χ3n) is 3.14. The molecule has 1 fully saturated rings. The average Bonchev–Trinajstić information content (AvgIpc) is 2.81. The summed E-state index contributed by atoms with van der Waals surface area (Å²) in [5.41, 5.74) is 0.891. The standard InChI is InChI=1S/C13H16ClNO2/c1-17-10-7-12(15-8-10)13(16)6-9-4-2-3-5-11(9)14/h2-5,10,12,15H,6-8H2,1H3. The molecule has 0 aliphatic carbocycles. The van der Waals surface area contributed by atoms with Crippen molar-refractivity contribution in [3.05, 3.63) is 34.9 Å². The molecule has 17 heavy (non-hydrogen) atoms. The Morgan fingerprint density at radius 2 is 2.29 bits per heavy atom. The van der Waals surface area contributed by atoms with Crippen LogP contribution in [-0.2, 0) is 16.0 Å². The van der Waals surface area contributed by atoms with E-state index in [1.807, 2.05) is 24.3 Å². The number of methoxy groups -OCH3 is 1. The Labute approximate surface area is 106 Å². The lowest BCUT2D eigenvalue weighted by molar-refractivity contribution is -0.120. The highest BCUT2D eigenvalue weighted by molar-refractivity contribution is 6.31. The number of rotatable bonds is 4. The van der Waals surface area contributed by atoms with E-state index < -0.39 is 0 Å². The number of Topliss-reactive ketones (excluding diaryl/α,β-unsaturated/α-hetero) is 1. The third-order valence-corrected chi connectivity index (χ3v) is 3.50. The number of carbonyl (C=O) groups is 1. The SMILES string of the molecule is COC1CNC(C(=O)Cc2ccccc2Cl)C1. The molecule has 2 atom stereocenters. The number of ketones is 1. The third kappa shape index (κ3) is 3.06. The molecule has 0 amide bonds. The normalized spacial score (nSPS) is 23.9. The minimum atomic E-state index is -0.101. The Hall–Kier alpha value is -0.900. The number of nitrogens with one attached hydrogen (secondary N) is 1. The Morgan fingerprint density at radius 3 is 2.94 bits per heavy atom. The van der Waals surface area contributed by atoms with Crippen LogP contribution in [0, 0.1) is 0 Å². The number of carbonyl (C=O) groups excluding carboxylic acids is 1. The smallest absolute Gasteiger partial charge is 0.154 e. The van der Waals surface area contributed by atoms with Gasteiger partial charge in [0, 0.05) is 25.1 Å². The molecule has 2 rings (SSSR count). The van der Waals surface area contributed by atoms with Crippen LogP contribution < -0.4 is 5.32 Å². The van der Waals surface area contributed by atoms with E-state index in [0.29, 0.717) is 11.4 Å². The number of hydrogen-bond donors (Lipinski definition) is 1. The van der Waals surface area contributed by atoms with Crippen LogP contribution in [0.15, 0.2) is 24.3 Å². The van der Waals surface area contributed by atoms with Crippen molar-refractivity contribution in [3.8, 4) is 0 Å². The molecule has 3 nitrogen and oxygen atoms in total. The zero-order valence-corrected chi connectivity index (χ0v) is 10.5. The minimum absolute atomic E-state index is 0.101. The second-order valence-corrected chi connectivity index (χ2v) is 4.70. The monoisotopic (exact) mass is 253 g/mol. The summed E-state index contributed by atoms with van der Waals surface area (Å²) in [6, 6.07) is 7.36. The largest absolute Gasteiger partial charge is 0.380 e. The molecule has 0 saturated carbocycles. The van der Waals surface area contributed by atoms with Crippen molar-refractivity contribution in [1.82, 2.24) is 5.32 Å². The van der Waals surface area contributed by atoms with Crippen molar-refractivity contribution in [1.29, 1.82) is 0 Å². The predicted molar refractivity (Wildman–Crippen MR) is 67.4 cm³/mol. The summed E-state index contributed by atoms with van der Waals surface area (Å²) >= 11 is 6.03. The van der Waals surface area contributed by atoms with Crippen molar-refractivity contribution >= 4 is 17.4 Å². The van der Waals surface area contributed by atoms with Crippen LogP contribution in [0.4, 0.5) is 0 Å². The topological polar surface area (TPSA) is 38.3 Å². The highest BCUT2D eigenvalue weighted by Gasteiger charge is 2.29. The lowest BCUT2D eigenvalue weighted by Gasteiger charge is -2.10. The van der Waals surface area contributed by atoms with Gasteiger partial charge in [0.05, 0.1) is 12.1 Å². The van der Waals surface area contributed by atoms with Crippen molar-refractivity contribution in [2.45, 2.75) is 25.0 Å². The van der Waals surface area contributed by atoms with Gasteiger partial charge in [0.1, 0.15) is 0 Å². The lowest BCUT2D eigenvalue weighted by Crippen LogP contribution is -2.31. The van der Waals surface area contributed by atoms with Crippen LogP contribution in [0.5, 0.6) is 0 Å². The van der Waals surface area contributed by atoms with Gasteiger partial charge in [0.2, 0.25) is 0 Å². The van der Waals surface area contributed by atoms with Crippen molar-refractivity contribution in [2.24, 2.45) is 0 Å². The molecule has 0 bridgehead atoms. The molecular formula is C13H16ClNO2. The van der Waals surface area contributed by atoms with Crippen LogP contribution in [0.2, 0.25) is 5.02 Å². The Kier molecular flexibility index (Phi) is 4.15. The summed E-state index contributed by atoms with van der Waals surface area (Å²) < 4.78 is 5.22. The summed E-state index contributed by atoms with van der Waals surface area (Å²) in [5, 5.41) is 3.83. The van der Waals surface area contributed by atoms with E-state index in [2.05, 4.69) is 5.32 Å². The summed E-state index contributed by atoms with van der Waals surface area (Å²) in [6.07, 6.45) is 1.28. The van der Waals surface area contributed by atoms with E-state index in [1.54, 1.807) is 7.11 Å². The number of hydrogen-bond acceptors (Lipinski definition) is 3. The maximum absolute atomic E-state index is 12.1. The van der Waals surface area contributed by atoms with Gasteiger partial charge in [-0.25, -0.2) is 0 Å². The fourth-order valence-electron chi connectivity index (χ4n) is 2.08. The van der Waals surface area contributed by atoms with Crippen LogP contribution in [0.1, 0.15) is 12.0 Å². The summed E-state index contributed by atoms with van der Waals surface area (Å²) in [6.45, 7) is 0.745. The fraction of sp³-hybridized carbons (Fsp3) is 0.462. The first-order valence-corrected chi connectivity index (χ1v) is 6.11. The molecular weight excluding hydrogens is 238 g/mol. The average molecular weight is 254 g/mol. The minimum Gasteiger partial charge on any atom is -0.380 e. The molecule has 1 aliphatic rings. The predicted octanol–water partition coefficient (Wildman–Crippen LogP) is 1.83. The van der Waals surface area contributed by atoms with E-state index >= 15 is 0 Å². The summed E-state index contributed by atoms with van der Waals surface area (Å²) in [5.74, 6) is 0.178. The number of halogens is 1. The maximum atomic E-state index is 12.1. The van der Waals surface area contributed by atoms with Crippen molar-refractivity contribution in [3.63, 3.8) is 0 Å². The number of ether oxygens (including phenoxy) is 1. The van der Waals surface area contributed by atoms with E-state index in [9.17, 15) is 4.79 Å². The number of benzene rings is 1. The molecule has 1 aromatic rings. The summed E-state index contributed by atoms with van der Waals surface area (Å²) in [4.78, 5) is 12.1. The van der Waals surface area contributed by atoms with Gasteiger partial charge in [-0.05, 0) is 18.1 Å². The van der Waals surface area contributed by atoms with Gasteiger partial charge < -0.3 is 10.1 Å². The van der Waals surface area contributed by atoms with Gasteiger partial charge in [-0.1, -0.05) is 29.8 Å². The second kappa shape index (κ2) is 5.63. The van der Waals surface area contributed by atoms with Gasteiger partial charge >= 0.3 is 0 Å². The van der Waals surface area contributed by atoms with Gasteiger partial charge in [-0.2, -0.15) is 0 Å². The molecule has 0 spiro atoms. The molecule has 1 N–H and O–H groups in total. The molecule has 1 heterocycles. The highest BCUT2D eigenvalue weighted by atomic mass is 35.5. The van der Waals surface area contributed by atoms with Crippen LogP contribution in [0.25, 0.3) is 0 Å². The Bertz CT molecular complexity index is 408. The molecule has 1 saturated heterocycles. The highest BCUT2D eigenvalue weighted by Crippen LogP contribution is 2.18. The first-order valence-electron chi connectivity index (χ1n) is 5.73. The molecule has 2 unspecified atom stereocenters. The van der Waals surface area contributed by atoms with Gasteiger partial charge in [0.15, 0.2) is 5.78 Å². The molecule has 92 valence electrons. The van der Waals surface area contributed by atoms with Crippen LogP contribution in [-0.4, -0.2) is 31.6 Å². The molecule has 1 aliphatic heterocycles. The van der Waals surface area contributed by atoms with Crippen LogP contribution >= 0.6 is 11.6 Å². The molecule has 0 aromatic heterocycles. The zero-order valence-electron chi connectivity index (χ0n) is 9.78. The fourth-order valence-corrected chi connectivity index (χ4v) is 2.28. The van der Waals surface area contributed by atoms with Crippen molar-refractivity contribution < 1.29 is 9.53 Å². The Morgan fingerprint density at radius 1 is 1.53 bits per heavy atom. The van der Waals surface area contributed by atoms with Crippen LogP contribution in [0.3, 0.4) is 0 Å².